The van der Waals surface area contributed by atoms with E-state index < -0.39 is 17.2 Å². The molecule has 0 fully saturated rings. The molecule has 1 aromatic carbocycles. The van der Waals surface area contributed by atoms with E-state index in [1.54, 1.807) is 18.2 Å². The summed E-state index contributed by atoms with van der Waals surface area (Å²) in [5.74, 6) is -0.101. The first-order valence-corrected chi connectivity index (χ1v) is 11.3. The number of unbranched alkanes of at least 4 members (excludes halogenated alkanes) is 1. The number of nitrogen functional groups attached to an aromatic ring is 1. The molecule has 4 rings (SSSR count). The third-order valence-corrected chi connectivity index (χ3v) is 6.06. The molecule has 1 amide bonds. The molecule has 0 radical (unpaired) electrons. The summed E-state index contributed by atoms with van der Waals surface area (Å²) >= 11 is 1.45. The molecule has 33 heavy (non-hydrogen) atoms. The maximum absolute atomic E-state index is 13.3. The van der Waals surface area contributed by atoms with Crippen LogP contribution in [0, 0.1) is 0 Å². The van der Waals surface area contributed by atoms with Gasteiger partial charge < -0.3 is 10.2 Å². The highest BCUT2D eigenvalue weighted by Gasteiger charge is 2.24. The molecule has 0 saturated heterocycles. The number of rotatable bonds is 8. The largest absolute Gasteiger partial charge is 0.467 e. The van der Waals surface area contributed by atoms with E-state index in [1.165, 1.54) is 33.1 Å². The minimum atomic E-state index is -0.737. The molecule has 0 atom stereocenters. The summed E-state index contributed by atoms with van der Waals surface area (Å²) in [6, 6.07) is 11.0. The predicted octanol–water partition coefficient (Wildman–Crippen LogP) is 3.37. The van der Waals surface area contributed by atoms with E-state index in [-0.39, 0.29) is 18.1 Å². The topological polar surface area (TPSA) is 127 Å². The van der Waals surface area contributed by atoms with Crippen molar-refractivity contribution in [1.29, 1.82) is 0 Å². The summed E-state index contributed by atoms with van der Waals surface area (Å²) < 4.78 is 7.67. The van der Waals surface area contributed by atoms with Crippen LogP contribution in [0.4, 0.5) is 11.5 Å². The average Bonchev–Trinajstić information content (AvgIpc) is 3.45. The molecule has 0 aliphatic carbocycles. The first kappa shape index (κ1) is 22.3. The molecule has 10 heteroatoms. The SMILES string of the molecule is CCCCn1c(N)c(N(Cc2ccco2)C(=O)/C=C/c2nc3ccccc3s2)c(=O)[nH]c1=O. The van der Waals surface area contributed by atoms with Crippen molar-refractivity contribution in [2.75, 3.05) is 10.6 Å². The summed E-state index contributed by atoms with van der Waals surface area (Å²) in [6.45, 7) is 2.28. The number of para-hydroxylation sites is 1. The van der Waals surface area contributed by atoms with Crippen molar-refractivity contribution in [3.05, 3.63) is 80.3 Å². The Hall–Kier alpha value is -3.92. The van der Waals surface area contributed by atoms with Crippen LogP contribution in [-0.2, 0) is 17.9 Å². The van der Waals surface area contributed by atoms with Gasteiger partial charge in [0.25, 0.3) is 11.5 Å². The van der Waals surface area contributed by atoms with E-state index in [4.69, 9.17) is 10.2 Å². The van der Waals surface area contributed by atoms with Gasteiger partial charge in [-0.2, -0.15) is 0 Å². The summed E-state index contributed by atoms with van der Waals surface area (Å²) in [4.78, 5) is 46.3. The quantitative estimate of drug-likeness (QED) is 0.384. The number of thiazole rings is 1. The second-order valence-corrected chi connectivity index (χ2v) is 8.42. The van der Waals surface area contributed by atoms with Crippen LogP contribution in [0.25, 0.3) is 16.3 Å². The Morgan fingerprint density at radius 1 is 1.27 bits per heavy atom. The maximum atomic E-state index is 13.3. The number of hydrogen-bond acceptors (Lipinski definition) is 7. The first-order chi connectivity index (χ1) is 16.0. The molecule has 3 aromatic heterocycles. The van der Waals surface area contributed by atoms with Gasteiger partial charge in [-0.05, 0) is 36.8 Å². The Morgan fingerprint density at radius 2 is 2.09 bits per heavy atom. The summed E-state index contributed by atoms with van der Waals surface area (Å²) in [5, 5.41) is 0.650. The molecule has 0 spiro atoms. The minimum Gasteiger partial charge on any atom is -0.467 e. The van der Waals surface area contributed by atoms with Gasteiger partial charge in [0, 0.05) is 12.6 Å². The average molecular weight is 466 g/mol. The van der Waals surface area contributed by atoms with Gasteiger partial charge in [-0.25, -0.2) is 9.78 Å². The summed E-state index contributed by atoms with van der Waals surface area (Å²) in [7, 11) is 0. The Balaban J connectivity index is 1.73. The third kappa shape index (κ3) is 4.80. The van der Waals surface area contributed by atoms with Crippen LogP contribution in [0.5, 0.6) is 0 Å². The van der Waals surface area contributed by atoms with Crippen LogP contribution in [0.1, 0.15) is 30.5 Å². The van der Waals surface area contributed by atoms with Gasteiger partial charge in [0.05, 0.1) is 23.0 Å². The Bertz CT molecular complexity index is 1380. The molecule has 0 unspecified atom stereocenters. The van der Waals surface area contributed by atoms with Crippen molar-refractivity contribution in [3.8, 4) is 0 Å². The van der Waals surface area contributed by atoms with Crippen LogP contribution in [0.3, 0.4) is 0 Å². The monoisotopic (exact) mass is 465 g/mol. The van der Waals surface area contributed by atoms with Gasteiger partial charge in [-0.3, -0.25) is 24.0 Å². The number of aromatic amines is 1. The zero-order valence-corrected chi connectivity index (χ0v) is 18.8. The first-order valence-electron chi connectivity index (χ1n) is 10.5. The van der Waals surface area contributed by atoms with Gasteiger partial charge >= 0.3 is 5.69 Å². The van der Waals surface area contributed by atoms with Gasteiger partial charge in [0.2, 0.25) is 0 Å². The van der Waals surface area contributed by atoms with Gasteiger partial charge in [0.15, 0.2) is 5.69 Å². The zero-order chi connectivity index (χ0) is 23.4. The molecule has 3 N–H and O–H groups in total. The lowest BCUT2D eigenvalue weighted by atomic mass is 10.3. The fraction of sp³-hybridized carbons (Fsp3) is 0.217. The van der Waals surface area contributed by atoms with Gasteiger partial charge in [-0.15, -0.1) is 11.3 Å². The van der Waals surface area contributed by atoms with Crippen molar-refractivity contribution in [2.45, 2.75) is 32.9 Å². The summed E-state index contributed by atoms with van der Waals surface area (Å²) in [6.07, 6.45) is 5.94. The number of benzene rings is 1. The number of carbonyl (C=O) groups is 1. The molecule has 170 valence electrons. The number of amides is 1. The molecule has 0 aliphatic rings. The van der Waals surface area contributed by atoms with Gasteiger partial charge in [-0.1, -0.05) is 25.5 Å². The molecule has 3 heterocycles. The Morgan fingerprint density at radius 3 is 2.82 bits per heavy atom. The number of anilines is 2. The number of aromatic nitrogens is 3. The Labute approximate surface area is 192 Å². The number of H-pyrrole nitrogens is 1. The number of hydrogen-bond donors (Lipinski definition) is 2. The zero-order valence-electron chi connectivity index (χ0n) is 18.0. The lowest BCUT2D eigenvalue weighted by Crippen LogP contribution is -2.40. The number of nitrogens with two attached hydrogens (primary N) is 1. The number of furan rings is 1. The van der Waals surface area contributed by atoms with Crippen molar-refractivity contribution in [1.82, 2.24) is 14.5 Å². The molecular formula is C23H23N5O4S. The molecule has 0 saturated carbocycles. The van der Waals surface area contributed by atoms with E-state index in [0.29, 0.717) is 23.7 Å². The fourth-order valence-electron chi connectivity index (χ4n) is 3.40. The minimum absolute atomic E-state index is 0.0325. The highest BCUT2D eigenvalue weighted by Crippen LogP contribution is 2.24. The number of fused-ring (bicyclic) bond motifs is 1. The van der Waals surface area contributed by atoms with Crippen molar-refractivity contribution < 1.29 is 9.21 Å². The summed E-state index contributed by atoms with van der Waals surface area (Å²) in [5.41, 5.74) is 5.63. The maximum Gasteiger partial charge on any atom is 0.330 e. The van der Waals surface area contributed by atoms with Crippen LogP contribution >= 0.6 is 11.3 Å². The van der Waals surface area contributed by atoms with Crippen LogP contribution in [0.2, 0.25) is 0 Å². The predicted molar refractivity (Wildman–Crippen MR) is 129 cm³/mol. The fourth-order valence-corrected chi connectivity index (χ4v) is 4.27. The normalized spacial score (nSPS) is 11.4. The third-order valence-electron chi connectivity index (χ3n) is 5.06. The van der Waals surface area contributed by atoms with Crippen LogP contribution < -0.4 is 21.9 Å². The van der Waals surface area contributed by atoms with Crippen molar-refractivity contribution >= 4 is 45.0 Å². The van der Waals surface area contributed by atoms with E-state index in [2.05, 4.69) is 9.97 Å². The second-order valence-electron chi connectivity index (χ2n) is 7.36. The molecule has 9 nitrogen and oxygen atoms in total. The second kappa shape index (κ2) is 9.70. The molecule has 0 aliphatic heterocycles. The van der Waals surface area contributed by atoms with Gasteiger partial charge in [0.1, 0.15) is 16.6 Å². The number of carbonyl (C=O) groups excluding carboxylic acids is 1. The van der Waals surface area contributed by atoms with E-state index in [0.717, 1.165) is 16.6 Å². The standard InChI is InChI=1S/C23H23N5O4S/c1-2-3-12-27-21(24)20(22(30)26-23(27)31)28(14-15-7-6-13-32-15)19(29)11-10-18-25-16-8-4-5-9-17(16)33-18/h4-11,13H,2-3,12,14,24H2,1H3,(H,26,30,31)/b11-10+. The van der Waals surface area contributed by atoms with Crippen LogP contribution in [-0.4, -0.2) is 20.4 Å². The lowest BCUT2D eigenvalue weighted by Gasteiger charge is -2.22. The smallest absolute Gasteiger partial charge is 0.330 e. The number of nitrogens with zero attached hydrogens (tertiary/aromatic N) is 3. The highest BCUT2D eigenvalue weighted by atomic mass is 32.1. The molecule has 0 bridgehead atoms. The van der Waals surface area contributed by atoms with E-state index in [1.807, 2.05) is 31.2 Å². The lowest BCUT2D eigenvalue weighted by molar-refractivity contribution is -0.114. The van der Waals surface area contributed by atoms with Crippen molar-refractivity contribution in [3.63, 3.8) is 0 Å². The number of nitrogens with one attached hydrogen (secondary N) is 1. The molecular weight excluding hydrogens is 442 g/mol. The molecule has 4 aromatic rings. The van der Waals surface area contributed by atoms with E-state index >= 15 is 0 Å². The highest BCUT2D eigenvalue weighted by molar-refractivity contribution is 7.19. The van der Waals surface area contributed by atoms with Crippen molar-refractivity contribution in [2.24, 2.45) is 0 Å². The van der Waals surface area contributed by atoms with Crippen LogP contribution in [0.15, 0.2) is 62.7 Å². The Kier molecular flexibility index (Phi) is 6.55. The van der Waals surface area contributed by atoms with E-state index in [9.17, 15) is 14.4 Å².